The van der Waals surface area contributed by atoms with Gasteiger partial charge in [-0.15, -0.1) is 0 Å². The molecule has 0 unspecified atom stereocenters. The summed E-state index contributed by atoms with van der Waals surface area (Å²) in [6.07, 6.45) is -1.92. The molecule has 110 valence electrons. The van der Waals surface area contributed by atoms with Crippen molar-refractivity contribution in [3.05, 3.63) is 28.8 Å². The van der Waals surface area contributed by atoms with E-state index in [0.29, 0.717) is 6.42 Å². The van der Waals surface area contributed by atoms with Crippen molar-refractivity contribution in [2.45, 2.75) is 31.5 Å². The molecule has 0 bridgehead atoms. The number of hydrogen-bond donors (Lipinski definition) is 2. The van der Waals surface area contributed by atoms with Crippen molar-refractivity contribution in [2.24, 2.45) is 0 Å². The van der Waals surface area contributed by atoms with Gasteiger partial charge in [0.2, 0.25) is 5.91 Å². The zero-order chi connectivity index (χ0) is 14.8. The van der Waals surface area contributed by atoms with E-state index >= 15 is 0 Å². The van der Waals surface area contributed by atoms with Gasteiger partial charge >= 0.3 is 6.18 Å². The third-order valence-corrected chi connectivity index (χ3v) is 3.50. The highest BCUT2D eigenvalue weighted by Crippen LogP contribution is 2.36. The molecule has 20 heavy (non-hydrogen) atoms. The zero-order valence-electron chi connectivity index (χ0n) is 10.6. The lowest BCUT2D eigenvalue weighted by atomic mass is 10.0. The van der Waals surface area contributed by atoms with E-state index < -0.39 is 11.7 Å². The third-order valence-electron chi connectivity index (χ3n) is 3.17. The summed E-state index contributed by atoms with van der Waals surface area (Å²) in [6, 6.07) is 2.99. The number of rotatable bonds is 2. The number of hydrogen-bond acceptors (Lipinski definition) is 2. The maximum absolute atomic E-state index is 12.7. The molecule has 1 amide bonds. The van der Waals surface area contributed by atoms with E-state index in [1.54, 1.807) is 0 Å². The van der Waals surface area contributed by atoms with Gasteiger partial charge in [0.25, 0.3) is 0 Å². The second-order valence-corrected chi connectivity index (χ2v) is 5.09. The maximum Gasteiger partial charge on any atom is 0.417 e. The van der Waals surface area contributed by atoms with Crippen LogP contribution in [0.15, 0.2) is 18.2 Å². The van der Waals surface area contributed by atoms with Crippen LogP contribution in [0.3, 0.4) is 0 Å². The van der Waals surface area contributed by atoms with Crippen LogP contribution in [0.2, 0.25) is 5.02 Å². The normalized spacial score (nSPS) is 19.7. The smallest absolute Gasteiger partial charge is 0.325 e. The molecule has 0 spiro atoms. The maximum atomic E-state index is 12.7. The Balaban J connectivity index is 2.11. The number of carbonyl (C=O) groups excluding carboxylic acids is 1. The van der Waals surface area contributed by atoms with E-state index in [9.17, 15) is 18.0 Å². The summed E-state index contributed by atoms with van der Waals surface area (Å²) in [5, 5.41) is 5.14. The molecule has 3 nitrogen and oxygen atoms in total. The van der Waals surface area contributed by atoms with Gasteiger partial charge in [-0.05, 0) is 37.6 Å². The lowest BCUT2D eigenvalue weighted by Gasteiger charge is -2.22. The molecular formula is C13H14ClF3N2O. The highest BCUT2D eigenvalue weighted by Gasteiger charge is 2.33. The van der Waals surface area contributed by atoms with Crippen LogP contribution in [0.5, 0.6) is 0 Å². The number of piperidine rings is 1. The number of nitrogens with one attached hydrogen (secondary N) is 2. The fourth-order valence-corrected chi connectivity index (χ4v) is 2.35. The van der Waals surface area contributed by atoms with E-state index in [1.165, 1.54) is 6.07 Å². The summed E-state index contributed by atoms with van der Waals surface area (Å²) in [5.74, 6) is -0.319. The minimum atomic E-state index is -4.54. The van der Waals surface area contributed by atoms with Gasteiger partial charge in [-0.3, -0.25) is 4.79 Å². The molecule has 1 fully saturated rings. The fraction of sp³-hybridized carbons (Fsp3) is 0.462. The second-order valence-electron chi connectivity index (χ2n) is 4.68. The van der Waals surface area contributed by atoms with Gasteiger partial charge in [0, 0.05) is 5.69 Å². The second kappa shape index (κ2) is 6.01. The Morgan fingerprint density at radius 3 is 2.70 bits per heavy atom. The van der Waals surface area contributed by atoms with Crippen LogP contribution in [0, 0.1) is 0 Å². The highest BCUT2D eigenvalue weighted by atomic mass is 35.5. The highest BCUT2D eigenvalue weighted by molar-refractivity contribution is 6.31. The third kappa shape index (κ3) is 3.64. The predicted octanol–water partition coefficient (Wildman–Crippen LogP) is 3.44. The Bertz CT molecular complexity index is 499. The van der Waals surface area contributed by atoms with Gasteiger partial charge in [-0.2, -0.15) is 13.2 Å². The topological polar surface area (TPSA) is 41.1 Å². The molecule has 1 atom stereocenters. The van der Waals surface area contributed by atoms with Crippen LogP contribution < -0.4 is 10.6 Å². The number of halogens is 4. The van der Waals surface area contributed by atoms with Crippen LogP contribution in [0.4, 0.5) is 18.9 Å². The largest absolute Gasteiger partial charge is 0.417 e. The van der Waals surface area contributed by atoms with E-state index in [1.807, 2.05) is 0 Å². The first-order valence-electron chi connectivity index (χ1n) is 6.29. The number of alkyl halides is 3. The average molecular weight is 307 g/mol. The van der Waals surface area contributed by atoms with E-state index in [0.717, 1.165) is 31.5 Å². The molecule has 0 aliphatic carbocycles. The SMILES string of the molecule is O=C(Nc1ccc(Cl)c(C(F)(F)F)c1)[C@H]1CCCCN1. The van der Waals surface area contributed by atoms with E-state index in [-0.39, 0.29) is 22.7 Å². The average Bonchev–Trinajstić information content (AvgIpc) is 2.40. The minimum absolute atomic E-state index is 0.0964. The summed E-state index contributed by atoms with van der Waals surface area (Å²) < 4.78 is 38.1. The Kier molecular flexibility index (Phi) is 4.55. The fourth-order valence-electron chi connectivity index (χ4n) is 2.13. The van der Waals surface area contributed by atoms with Gasteiger partial charge < -0.3 is 10.6 Å². The molecule has 1 aliphatic heterocycles. The van der Waals surface area contributed by atoms with Gasteiger partial charge in [-0.1, -0.05) is 18.0 Å². The van der Waals surface area contributed by atoms with E-state index in [4.69, 9.17) is 11.6 Å². The van der Waals surface area contributed by atoms with Gasteiger partial charge in [-0.25, -0.2) is 0 Å². The van der Waals surface area contributed by atoms with Crippen molar-refractivity contribution < 1.29 is 18.0 Å². The van der Waals surface area contributed by atoms with Crippen molar-refractivity contribution in [3.8, 4) is 0 Å². The molecule has 2 N–H and O–H groups in total. The summed E-state index contributed by atoms with van der Waals surface area (Å²) in [5.41, 5.74) is -0.854. The van der Waals surface area contributed by atoms with Gasteiger partial charge in [0.05, 0.1) is 16.6 Å². The monoisotopic (exact) mass is 306 g/mol. The number of anilines is 1. The minimum Gasteiger partial charge on any atom is -0.325 e. The van der Waals surface area contributed by atoms with Crippen molar-refractivity contribution in [3.63, 3.8) is 0 Å². The molecule has 7 heteroatoms. The molecule has 1 aliphatic rings. The molecule has 1 aromatic rings. The Hall–Kier alpha value is -1.27. The number of benzene rings is 1. The first-order chi connectivity index (χ1) is 9.38. The number of amides is 1. The molecule has 1 aromatic carbocycles. The van der Waals surface area contributed by atoms with Gasteiger partial charge in [0.1, 0.15) is 0 Å². The first kappa shape index (κ1) is 15.1. The summed E-state index contributed by atoms with van der Waals surface area (Å²) in [4.78, 5) is 11.9. The van der Waals surface area contributed by atoms with Crippen molar-refractivity contribution in [1.29, 1.82) is 0 Å². The Morgan fingerprint density at radius 2 is 2.10 bits per heavy atom. The van der Waals surface area contributed by atoms with Crippen LogP contribution in [-0.2, 0) is 11.0 Å². The van der Waals surface area contributed by atoms with Crippen molar-refractivity contribution in [2.75, 3.05) is 11.9 Å². The van der Waals surface area contributed by atoms with Crippen LogP contribution in [0.1, 0.15) is 24.8 Å². The molecule has 1 heterocycles. The lowest BCUT2D eigenvalue weighted by molar-refractivity contribution is -0.137. The number of carbonyl (C=O) groups is 1. The van der Waals surface area contributed by atoms with E-state index in [2.05, 4.69) is 10.6 Å². The van der Waals surface area contributed by atoms with Crippen molar-refractivity contribution >= 4 is 23.2 Å². The van der Waals surface area contributed by atoms with Crippen LogP contribution in [-0.4, -0.2) is 18.5 Å². The molecule has 1 saturated heterocycles. The van der Waals surface area contributed by atoms with Gasteiger partial charge in [0.15, 0.2) is 0 Å². The Labute approximate surface area is 119 Å². The lowest BCUT2D eigenvalue weighted by Crippen LogP contribution is -2.43. The molecular weight excluding hydrogens is 293 g/mol. The van der Waals surface area contributed by atoms with Crippen LogP contribution >= 0.6 is 11.6 Å². The summed E-state index contributed by atoms with van der Waals surface area (Å²) >= 11 is 5.52. The standard InChI is InChI=1S/C13H14ClF3N2O/c14-10-5-4-8(7-9(10)13(15,16)17)19-12(20)11-3-1-2-6-18-11/h4-5,7,11,18H,1-3,6H2,(H,19,20)/t11-/m1/s1. The molecule has 0 aromatic heterocycles. The molecule has 0 radical (unpaired) electrons. The Morgan fingerprint density at radius 1 is 1.35 bits per heavy atom. The molecule has 0 saturated carbocycles. The summed E-state index contributed by atoms with van der Waals surface area (Å²) in [6.45, 7) is 0.743. The summed E-state index contributed by atoms with van der Waals surface area (Å²) in [7, 11) is 0. The first-order valence-corrected chi connectivity index (χ1v) is 6.67. The zero-order valence-corrected chi connectivity index (χ0v) is 11.3. The molecule has 2 rings (SSSR count). The predicted molar refractivity (Wildman–Crippen MR) is 70.7 cm³/mol. The quantitative estimate of drug-likeness (QED) is 0.879. The van der Waals surface area contributed by atoms with Crippen LogP contribution in [0.25, 0.3) is 0 Å². The van der Waals surface area contributed by atoms with Crippen molar-refractivity contribution in [1.82, 2.24) is 5.32 Å².